The predicted molar refractivity (Wildman–Crippen MR) is 43.4 cm³/mol. The van der Waals surface area contributed by atoms with Crippen molar-refractivity contribution >= 4 is 5.78 Å². The number of Topliss-reactive ketones (excluding diaryl/α,β-unsaturated/α-hetero) is 1. The summed E-state index contributed by atoms with van der Waals surface area (Å²) in [6, 6.07) is 0. The van der Waals surface area contributed by atoms with Crippen LogP contribution in [-0.2, 0) is 9.53 Å². The smallest absolute Gasteiger partial charge is 0.192 e. The average molecular weight is 154 g/mol. The van der Waals surface area contributed by atoms with Crippen LogP contribution in [0.2, 0.25) is 0 Å². The van der Waals surface area contributed by atoms with Crippen molar-refractivity contribution in [3.05, 3.63) is 11.6 Å². The van der Waals surface area contributed by atoms with Crippen molar-refractivity contribution < 1.29 is 9.53 Å². The molecule has 0 aromatic rings. The van der Waals surface area contributed by atoms with Gasteiger partial charge in [-0.25, -0.2) is 0 Å². The van der Waals surface area contributed by atoms with Crippen LogP contribution in [0, 0.1) is 0 Å². The Kier molecular flexibility index (Phi) is 1.89. The summed E-state index contributed by atoms with van der Waals surface area (Å²) in [6.07, 6.45) is 1.91. The number of carbonyl (C=O) groups excluding carboxylic acids is 1. The van der Waals surface area contributed by atoms with Gasteiger partial charge in [-0.2, -0.15) is 0 Å². The first-order valence-electron chi connectivity index (χ1n) is 3.88. The molecule has 0 radical (unpaired) electrons. The molecule has 1 heterocycles. The van der Waals surface area contributed by atoms with Gasteiger partial charge in [0.25, 0.3) is 0 Å². The number of rotatable bonds is 2. The summed E-state index contributed by atoms with van der Waals surface area (Å²) in [5, 5.41) is 0. The van der Waals surface area contributed by atoms with Gasteiger partial charge in [0, 0.05) is 0 Å². The van der Waals surface area contributed by atoms with E-state index in [-0.39, 0.29) is 11.9 Å². The molecular weight excluding hydrogens is 140 g/mol. The van der Waals surface area contributed by atoms with Gasteiger partial charge in [0.15, 0.2) is 11.4 Å². The van der Waals surface area contributed by atoms with Crippen molar-refractivity contribution in [1.82, 2.24) is 0 Å². The Morgan fingerprint density at radius 1 is 1.64 bits per heavy atom. The number of allylic oxidation sites excluding steroid dienone is 1. The standard InChI is InChI=1S/C9H14O2/c1-5-6(2)8(10)9(4)7(3)11-9/h5,7H,1-4H3/b6-5+/t7-,9-/m0/s1. The van der Waals surface area contributed by atoms with Crippen LogP contribution in [-0.4, -0.2) is 17.5 Å². The maximum atomic E-state index is 11.5. The Morgan fingerprint density at radius 2 is 2.09 bits per heavy atom. The highest BCUT2D eigenvalue weighted by atomic mass is 16.6. The molecule has 1 aliphatic heterocycles. The summed E-state index contributed by atoms with van der Waals surface area (Å²) in [5.41, 5.74) is 0.271. The SMILES string of the molecule is C/C=C(\C)C(=O)[C@@]1(C)O[C@H]1C. The van der Waals surface area contributed by atoms with Gasteiger partial charge in [-0.05, 0) is 33.3 Å². The van der Waals surface area contributed by atoms with Crippen LogP contribution in [0.1, 0.15) is 27.7 Å². The number of hydrogen-bond donors (Lipinski definition) is 0. The molecule has 1 saturated heterocycles. The van der Waals surface area contributed by atoms with Gasteiger partial charge in [-0.1, -0.05) is 6.08 Å². The third-order valence-electron chi connectivity index (χ3n) is 2.38. The van der Waals surface area contributed by atoms with Gasteiger partial charge >= 0.3 is 0 Å². The molecule has 0 aromatic heterocycles. The quantitative estimate of drug-likeness (QED) is 0.447. The molecule has 2 heteroatoms. The summed E-state index contributed by atoms with van der Waals surface area (Å²) >= 11 is 0. The van der Waals surface area contributed by atoms with E-state index >= 15 is 0 Å². The van der Waals surface area contributed by atoms with E-state index in [9.17, 15) is 4.79 Å². The predicted octanol–water partition coefficient (Wildman–Crippen LogP) is 1.70. The molecule has 1 aliphatic rings. The van der Waals surface area contributed by atoms with Gasteiger partial charge in [-0.3, -0.25) is 4.79 Å². The number of ketones is 1. The van der Waals surface area contributed by atoms with Crippen LogP contribution in [0.3, 0.4) is 0 Å². The highest BCUT2D eigenvalue weighted by Gasteiger charge is 2.55. The molecule has 1 fully saturated rings. The van der Waals surface area contributed by atoms with E-state index in [0.29, 0.717) is 0 Å². The lowest BCUT2D eigenvalue weighted by Gasteiger charge is -2.03. The molecule has 1 rings (SSSR count). The van der Waals surface area contributed by atoms with E-state index in [1.54, 1.807) is 0 Å². The van der Waals surface area contributed by atoms with Crippen LogP contribution < -0.4 is 0 Å². The molecule has 0 saturated carbocycles. The topological polar surface area (TPSA) is 29.6 Å². The minimum Gasteiger partial charge on any atom is -0.358 e. The fourth-order valence-electron chi connectivity index (χ4n) is 1.09. The second-order valence-corrected chi connectivity index (χ2v) is 3.17. The Labute approximate surface area is 67.2 Å². The Bertz CT molecular complexity index is 218. The molecule has 2 nitrogen and oxygen atoms in total. The summed E-state index contributed by atoms with van der Waals surface area (Å²) in [5.74, 6) is 0.118. The van der Waals surface area contributed by atoms with Gasteiger partial charge in [0.05, 0.1) is 6.10 Å². The fraction of sp³-hybridized carbons (Fsp3) is 0.667. The van der Waals surface area contributed by atoms with E-state index in [4.69, 9.17) is 4.74 Å². The molecule has 0 unspecified atom stereocenters. The number of ether oxygens (including phenoxy) is 1. The lowest BCUT2D eigenvalue weighted by molar-refractivity contribution is -0.119. The normalized spacial score (nSPS) is 37.1. The molecule has 0 aromatic carbocycles. The van der Waals surface area contributed by atoms with Crippen LogP contribution in [0.25, 0.3) is 0 Å². The zero-order valence-electron chi connectivity index (χ0n) is 7.47. The van der Waals surface area contributed by atoms with Crippen molar-refractivity contribution in [3.63, 3.8) is 0 Å². The fourth-order valence-corrected chi connectivity index (χ4v) is 1.09. The van der Waals surface area contributed by atoms with Crippen LogP contribution in [0.4, 0.5) is 0 Å². The zero-order valence-corrected chi connectivity index (χ0v) is 7.47. The largest absolute Gasteiger partial charge is 0.358 e. The molecule has 11 heavy (non-hydrogen) atoms. The van der Waals surface area contributed by atoms with Crippen LogP contribution >= 0.6 is 0 Å². The summed E-state index contributed by atoms with van der Waals surface area (Å²) in [6.45, 7) is 7.44. The van der Waals surface area contributed by atoms with Crippen molar-refractivity contribution in [2.45, 2.75) is 39.4 Å². The second kappa shape index (κ2) is 2.45. The van der Waals surface area contributed by atoms with E-state index < -0.39 is 5.60 Å². The number of epoxide rings is 1. The van der Waals surface area contributed by atoms with E-state index in [1.165, 1.54) is 0 Å². The molecule has 0 N–H and O–H groups in total. The maximum Gasteiger partial charge on any atom is 0.192 e. The third-order valence-corrected chi connectivity index (χ3v) is 2.38. The van der Waals surface area contributed by atoms with E-state index in [2.05, 4.69) is 0 Å². The summed E-state index contributed by atoms with van der Waals surface area (Å²) in [4.78, 5) is 11.5. The van der Waals surface area contributed by atoms with Crippen molar-refractivity contribution in [3.8, 4) is 0 Å². The van der Waals surface area contributed by atoms with Crippen LogP contribution in [0.5, 0.6) is 0 Å². The van der Waals surface area contributed by atoms with E-state index in [1.807, 2.05) is 33.8 Å². The van der Waals surface area contributed by atoms with Gasteiger partial charge in [0.2, 0.25) is 0 Å². The Morgan fingerprint density at radius 3 is 2.36 bits per heavy atom. The zero-order chi connectivity index (χ0) is 8.65. The van der Waals surface area contributed by atoms with E-state index in [0.717, 1.165) is 5.57 Å². The van der Waals surface area contributed by atoms with Crippen LogP contribution in [0.15, 0.2) is 11.6 Å². The monoisotopic (exact) mass is 154 g/mol. The highest BCUT2D eigenvalue weighted by molar-refractivity contribution is 6.03. The number of hydrogen-bond acceptors (Lipinski definition) is 2. The lowest BCUT2D eigenvalue weighted by atomic mass is 9.97. The summed E-state index contributed by atoms with van der Waals surface area (Å²) < 4.78 is 5.20. The first-order valence-corrected chi connectivity index (χ1v) is 3.88. The van der Waals surface area contributed by atoms with Gasteiger partial charge < -0.3 is 4.74 Å². The van der Waals surface area contributed by atoms with Crippen molar-refractivity contribution in [1.29, 1.82) is 0 Å². The molecule has 2 atom stereocenters. The highest BCUT2D eigenvalue weighted by Crippen LogP contribution is 2.38. The number of carbonyl (C=O) groups is 1. The minimum atomic E-state index is -0.517. The maximum absolute atomic E-state index is 11.5. The van der Waals surface area contributed by atoms with Gasteiger partial charge in [-0.15, -0.1) is 0 Å². The molecule has 0 amide bonds. The Hall–Kier alpha value is -0.630. The summed E-state index contributed by atoms with van der Waals surface area (Å²) in [7, 11) is 0. The molecule has 0 aliphatic carbocycles. The molecular formula is C9H14O2. The Balaban J connectivity index is 2.71. The first-order chi connectivity index (χ1) is 5.02. The molecule has 62 valence electrons. The molecule has 0 spiro atoms. The minimum absolute atomic E-state index is 0.0879. The third kappa shape index (κ3) is 1.23. The van der Waals surface area contributed by atoms with Gasteiger partial charge in [0.1, 0.15) is 0 Å². The average Bonchev–Trinajstić information content (AvgIpc) is 2.58. The lowest BCUT2D eigenvalue weighted by Crippen LogP contribution is -2.23. The second-order valence-electron chi connectivity index (χ2n) is 3.17. The first kappa shape index (κ1) is 8.47. The molecule has 0 bridgehead atoms. The van der Waals surface area contributed by atoms with Crippen molar-refractivity contribution in [2.75, 3.05) is 0 Å². The van der Waals surface area contributed by atoms with Crippen molar-refractivity contribution in [2.24, 2.45) is 0 Å².